The molecule has 3 heteroatoms. The zero-order chi connectivity index (χ0) is 9.68. The van der Waals surface area contributed by atoms with Gasteiger partial charge in [-0.15, -0.1) is 0 Å². The predicted molar refractivity (Wildman–Crippen MR) is 54.8 cm³/mol. The molecule has 3 nitrogen and oxygen atoms in total. The number of benzene rings is 1. The second-order valence-corrected chi connectivity index (χ2v) is 3.16. The van der Waals surface area contributed by atoms with Crippen LogP contribution in [0.25, 0.3) is 0 Å². The number of nitrogens with two attached hydrogens (primary N) is 1. The van der Waals surface area contributed by atoms with E-state index in [4.69, 9.17) is 10.8 Å². The van der Waals surface area contributed by atoms with Crippen molar-refractivity contribution in [3.8, 4) is 0 Å². The summed E-state index contributed by atoms with van der Waals surface area (Å²) in [6, 6.07) is 9.80. The Labute approximate surface area is 78.8 Å². The van der Waals surface area contributed by atoms with Crippen LogP contribution in [-0.4, -0.2) is 31.3 Å². The van der Waals surface area contributed by atoms with E-state index in [2.05, 4.69) is 0 Å². The zero-order valence-corrected chi connectivity index (χ0v) is 7.85. The van der Waals surface area contributed by atoms with Gasteiger partial charge in [-0.25, -0.2) is 0 Å². The lowest BCUT2D eigenvalue weighted by atomic mass is 10.2. The van der Waals surface area contributed by atoms with Gasteiger partial charge >= 0.3 is 0 Å². The fourth-order valence-corrected chi connectivity index (χ4v) is 1.20. The van der Waals surface area contributed by atoms with Crippen molar-refractivity contribution in [2.75, 3.05) is 25.1 Å². The van der Waals surface area contributed by atoms with Gasteiger partial charge in [-0.2, -0.15) is 0 Å². The second kappa shape index (κ2) is 4.84. The molecule has 13 heavy (non-hydrogen) atoms. The molecule has 0 spiro atoms. The molecular formula is C10H16N2O. The smallest absolute Gasteiger partial charge is 0.0599 e. The minimum absolute atomic E-state index is 0.0250. The Hall–Kier alpha value is -1.06. The number of nitrogens with zero attached hydrogens (tertiary/aromatic N) is 1. The summed E-state index contributed by atoms with van der Waals surface area (Å²) >= 11 is 0. The highest BCUT2D eigenvalue weighted by molar-refractivity contribution is 5.45. The van der Waals surface area contributed by atoms with Crippen LogP contribution in [0.4, 0.5) is 5.69 Å². The Balaban J connectivity index is 2.53. The molecule has 0 radical (unpaired) electrons. The van der Waals surface area contributed by atoms with Crippen LogP contribution in [0.3, 0.4) is 0 Å². The zero-order valence-electron chi connectivity index (χ0n) is 7.85. The highest BCUT2D eigenvalue weighted by Crippen LogP contribution is 2.10. The quantitative estimate of drug-likeness (QED) is 0.707. The molecule has 0 saturated heterocycles. The average molecular weight is 180 g/mol. The minimum atomic E-state index is -0.176. The summed E-state index contributed by atoms with van der Waals surface area (Å²) in [7, 11) is 1.96. The normalized spacial score (nSPS) is 12.5. The first-order valence-electron chi connectivity index (χ1n) is 4.36. The van der Waals surface area contributed by atoms with E-state index in [9.17, 15) is 0 Å². The Kier molecular flexibility index (Phi) is 3.73. The Bertz CT molecular complexity index is 238. The summed E-state index contributed by atoms with van der Waals surface area (Å²) in [5.74, 6) is 0. The highest BCUT2D eigenvalue weighted by Gasteiger charge is 2.05. The lowest BCUT2D eigenvalue weighted by Crippen LogP contribution is -2.37. The Morgan fingerprint density at radius 2 is 2.00 bits per heavy atom. The van der Waals surface area contributed by atoms with Crippen LogP contribution < -0.4 is 10.6 Å². The number of rotatable bonds is 4. The molecule has 1 aromatic carbocycles. The summed E-state index contributed by atoms with van der Waals surface area (Å²) in [5.41, 5.74) is 6.74. The number of likely N-dealkylation sites (N-methyl/N-ethyl adjacent to an activating group) is 1. The first-order valence-corrected chi connectivity index (χ1v) is 4.36. The van der Waals surface area contributed by atoms with Crippen molar-refractivity contribution in [3.63, 3.8) is 0 Å². The number of anilines is 1. The Morgan fingerprint density at radius 1 is 1.38 bits per heavy atom. The molecule has 1 rings (SSSR count). The molecule has 0 aliphatic rings. The SMILES string of the molecule is CN(CC(N)CO)c1ccccc1. The maximum absolute atomic E-state index is 8.78. The van der Waals surface area contributed by atoms with Gasteiger partial charge in [0, 0.05) is 25.3 Å². The average Bonchev–Trinajstić information content (AvgIpc) is 2.19. The van der Waals surface area contributed by atoms with Crippen LogP contribution in [0.5, 0.6) is 0 Å². The lowest BCUT2D eigenvalue weighted by molar-refractivity contribution is 0.267. The lowest BCUT2D eigenvalue weighted by Gasteiger charge is -2.22. The summed E-state index contributed by atoms with van der Waals surface area (Å²) < 4.78 is 0. The molecule has 0 aromatic heterocycles. The maximum Gasteiger partial charge on any atom is 0.0599 e. The van der Waals surface area contributed by atoms with Gasteiger partial charge in [0.2, 0.25) is 0 Å². The first kappa shape index (κ1) is 10.0. The van der Waals surface area contributed by atoms with E-state index in [-0.39, 0.29) is 12.6 Å². The van der Waals surface area contributed by atoms with Crippen molar-refractivity contribution in [2.24, 2.45) is 5.73 Å². The maximum atomic E-state index is 8.78. The number of hydrogen-bond donors (Lipinski definition) is 2. The molecule has 0 fully saturated rings. The van der Waals surface area contributed by atoms with E-state index in [0.29, 0.717) is 6.54 Å². The van der Waals surface area contributed by atoms with E-state index >= 15 is 0 Å². The van der Waals surface area contributed by atoms with Gasteiger partial charge in [0.05, 0.1) is 6.61 Å². The highest BCUT2D eigenvalue weighted by atomic mass is 16.3. The molecule has 1 aromatic rings. The third kappa shape index (κ3) is 3.05. The van der Waals surface area contributed by atoms with Gasteiger partial charge in [-0.05, 0) is 12.1 Å². The monoisotopic (exact) mass is 180 g/mol. The third-order valence-electron chi connectivity index (χ3n) is 1.94. The Morgan fingerprint density at radius 3 is 2.54 bits per heavy atom. The molecule has 0 heterocycles. The van der Waals surface area contributed by atoms with Crippen molar-refractivity contribution >= 4 is 5.69 Å². The number of hydrogen-bond acceptors (Lipinski definition) is 3. The van der Waals surface area contributed by atoms with Crippen molar-refractivity contribution < 1.29 is 5.11 Å². The van der Waals surface area contributed by atoms with E-state index in [0.717, 1.165) is 5.69 Å². The molecule has 0 saturated carbocycles. The summed E-state index contributed by atoms with van der Waals surface area (Å²) in [6.45, 7) is 0.692. The van der Waals surface area contributed by atoms with Gasteiger partial charge < -0.3 is 15.7 Å². The largest absolute Gasteiger partial charge is 0.395 e. The van der Waals surface area contributed by atoms with Gasteiger partial charge in [-0.3, -0.25) is 0 Å². The molecule has 1 unspecified atom stereocenters. The van der Waals surface area contributed by atoms with Crippen LogP contribution in [0.15, 0.2) is 30.3 Å². The fourth-order valence-electron chi connectivity index (χ4n) is 1.20. The molecule has 3 N–H and O–H groups in total. The molecule has 0 amide bonds. The van der Waals surface area contributed by atoms with Gasteiger partial charge in [0.1, 0.15) is 0 Å². The van der Waals surface area contributed by atoms with Crippen LogP contribution >= 0.6 is 0 Å². The van der Waals surface area contributed by atoms with E-state index in [1.807, 2.05) is 42.3 Å². The van der Waals surface area contributed by atoms with Crippen molar-refractivity contribution in [2.45, 2.75) is 6.04 Å². The van der Waals surface area contributed by atoms with E-state index in [1.54, 1.807) is 0 Å². The number of aliphatic hydroxyl groups excluding tert-OH is 1. The second-order valence-electron chi connectivity index (χ2n) is 3.16. The summed E-state index contributed by atoms with van der Waals surface area (Å²) in [6.07, 6.45) is 0. The molecular weight excluding hydrogens is 164 g/mol. The van der Waals surface area contributed by atoms with Gasteiger partial charge in [0.25, 0.3) is 0 Å². The van der Waals surface area contributed by atoms with E-state index < -0.39 is 0 Å². The summed E-state index contributed by atoms with van der Waals surface area (Å²) in [5, 5.41) is 8.78. The third-order valence-corrected chi connectivity index (χ3v) is 1.94. The van der Waals surface area contributed by atoms with Crippen LogP contribution in [0.1, 0.15) is 0 Å². The number of para-hydroxylation sites is 1. The van der Waals surface area contributed by atoms with Crippen LogP contribution in [0, 0.1) is 0 Å². The van der Waals surface area contributed by atoms with Crippen molar-refractivity contribution in [3.05, 3.63) is 30.3 Å². The minimum Gasteiger partial charge on any atom is -0.395 e. The van der Waals surface area contributed by atoms with Crippen LogP contribution in [0.2, 0.25) is 0 Å². The van der Waals surface area contributed by atoms with Crippen molar-refractivity contribution in [1.82, 2.24) is 0 Å². The molecule has 0 aliphatic carbocycles. The van der Waals surface area contributed by atoms with Gasteiger partial charge in [0.15, 0.2) is 0 Å². The molecule has 0 bridgehead atoms. The summed E-state index contributed by atoms with van der Waals surface area (Å²) in [4.78, 5) is 2.03. The van der Waals surface area contributed by atoms with Crippen molar-refractivity contribution in [1.29, 1.82) is 0 Å². The molecule has 72 valence electrons. The molecule has 0 aliphatic heterocycles. The standard InChI is InChI=1S/C10H16N2O/c1-12(7-9(11)8-13)10-5-3-2-4-6-10/h2-6,9,13H,7-8,11H2,1H3. The van der Waals surface area contributed by atoms with E-state index in [1.165, 1.54) is 0 Å². The van der Waals surface area contributed by atoms with Crippen LogP contribution in [-0.2, 0) is 0 Å². The fraction of sp³-hybridized carbons (Fsp3) is 0.400. The number of aliphatic hydroxyl groups is 1. The first-order chi connectivity index (χ1) is 6.24. The van der Waals surface area contributed by atoms with Gasteiger partial charge in [-0.1, -0.05) is 18.2 Å². The molecule has 1 atom stereocenters. The topological polar surface area (TPSA) is 49.5 Å². The predicted octanol–water partition coefficient (Wildman–Crippen LogP) is 0.442.